The van der Waals surface area contributed by atoms with Crippen LogP contribution in [0.2, 0.25) is 0 Å². The molecular weight excluding hydrogens is 306 g/mol. The highest BCUT2D eigenvalue weighted by Gasteiger charge is 2.17. The van der Waals surface area contributed by atoms with E-state index in [9.17, 15) is 8.42 Å². The fourth-order valence-corrected chi connectivity index (χ4v) is 3.19. The summed E-state index contributed by atoms with van der Waals surface area (Å²) in [5.74, 6) is 0. The van der Waals surface area contributed by atoms with E-state index in [1.165, 1.54) is 29.0 Å². The average molecular weight is 330 g/mol. The van der Waals surface area contributed by atoms with Crippen LogP contribution in [0.4, 0.5) is 0 Å². The summed E-state index contributed by atoms with van der Waals surface area (Å²) in [6.45, 7) is 2.94. The first-order chi connectivity index (χ1) is 11.0. The Balaban J connectivity index is 2.09. The Bertz CT molecular complexity index is 694. The molecular formula is C19H24NO2S. The maximum atomic E-state index is 12.1. The molecule has 0 fully saturated rings. The van der Waals surface area contributed by atoms with Crippen molar-refractivity contribution in [2.24, 2.45) is 0 Å². The van der Waals surface area contributed by atoms with Crippen LogP contribution in [-0.4, -0.2) is 19.0 Å². The lowest BCUT2D eigenvalue weighted by Crippen LogP contribution is -2.29. The van der Waals surface area contributed by atoms with Crippen LogP contribution in [0.25, 0.3) is 0 Å². The fourth-order valence-electron chi connectivity index (χ4n) is 2.42. The lowest BCUT2D eigenvalue weighted by molar-refractivity contribution is 0.405. The topological polar surface area (TPSA) is 37.4 Å². The standard InChI is InChI=1S/C19H24NO2S/c1-3-4-8-17-11-13-19(14-12-17)16-20(23(2,21)22)15-18-9-6-5-7-10-18/h5-6,9-14H,3-4,8,15-16H2,1-2H3. The van der Waals surface area contributed by atoms with Crippen LogP contribution in [0.5, 0.6) is 0 Å². The highest BCUT2D eigenvalue weighted by Crippen LogP contribution is 2.15. The van der Waals surface area contributed by atoms with Crippen molar-refractivity contribution in [1.29, 1.82) is 0 Å². The van der Waals surface area contributed by atoms with Gasteiger partial charge in [0.1, 0.15) is 0 Å². The molecule has 0 spiro atoms. The largest absolute Gasteiger partial charge is 0.212 e. The van der Waals surface area contributed by atoms with Crippen LogP contribution >= 0.6 is 0 Å². The van der Waals surface area contributed by atoms with Crippen molar-refractivity contribution in [2.45, 2.75) is 39.3 Å². The van der Waals surface area contributed by atoms with Gasteiger partial charge in [-0.25, -0.2) is 8.42 Å². The van der Waals surface area contributed by atoms with Gasteiger partial charge >= 0.3 is 0 Å². The van der Waals surface area contributed by atoms with Crippen molar-refractivity contribution >= 4 is 10.0 Å². The third kappa shape index (κ3) is 5.81. The van der Waals surface area contributed by atoms with Crippen LogP contribution < -0.4 is 0 Å². The average Bonchev–Trinajstić information content (AvgIpc) is 2.54. The Morgan fingerprint density at radius 3 is 2.22 bits per heavy atom. The van der Waals surface area contributed by atoms with Crippen molar-refractivity contribution in [3.8, 4) is 0 Å². The van der Waals surface area contributed by atoms with Gasteiger partial charge in [0.05, 0.1) is 6.26 Å². The van der Waals surface area contributed by atoms with E-state index < -0.39 is 10.0 Å². The molecule has 0 heterocycles. The van der Waals surface area contributed by atoms with E-state index in [4.69, 9.17) is 0 Å². The monoisotopic (exact) mass is 330 g/mol. The molecule has 0 saturated heterocycles. The molecule has 123 valence electrons. The van der Waals surface area contributed by atoms with E-state index in [-0.39, 0.29) is 0 Å². The molecule has 2 aromatic rings. The summed E-state index contributed by atoms with van der Waals surface area (Å²) in [4.78, 5) is 0. The highest BCUT2D eigenvalue weighted by atomic mass is 32.2. The second-order valence-electron chi connectivity index (χ2n) is 5.86. The van der Waals surface area contributed by atoms with E-state index >= 15 is 0 Å². The molecule has 23 heavy (non-hydrogen) atoms. The Labute approximate surface area is 140 Å². The zero-order valence-electron chi connectivity index (χ0n) is 13.8. The van der Waals surface area contributed by atoms with Gasteiger partial charge in [0, 0.05) is 13.1 Å². The van der Waals surface area contributed by atoms with Gasteiger partial charge in [0.15, 0.2) is 0 Å². The summed E-state index contributed by atoms with van der Waals surface area (Å²) in [6, 6.07) is 18.7. The summed E-state index contributed by atoms with van der Waals surface area (Å²) >= 11 is 0. The summed E-state index contributed by atoms with van der Waals surface area (Å²) in [5, 5.41) is 0. The van der Waals surface area contributed by atoms with Gasteiger partial charge in [0.25, 0.3) is 0 Å². The zero-order chi connectivity index (χ0) is 16.7. The molecule has 0 saturated carbocycles. The Hall–Kier alpha value is -1.65. The minimum Gasteiger partial charge on any atom is -0.212 e. The van der Waals surface area contributed by atoms with Crippen LogP contribution in [-0.2, 0) is 29.5 Å². The van der Waals surface area contributed by atoms with Gasteiger partial charge in [-0.05, 0) is 41.7 Å². The summed E-state index contributed by atoms with van der Waals surface area (Å²) in [7, 11) is -3.27. The Kier molecular flexibility index (Phi) is 6.37. The van der Waals surface area contributed by atoms with Crippen LogP contribution in [0.15, 0.2) is 48.5 Å². The number of rotatable bonds is 8. The minimum atomic E-state index is -3.27. The number of unbranched alkanes of at least 4 members (excludes halogenated alkanes) is 1. The summed E-state index contributed by atoms with van der Waals surface area (Å²) in [6.07, 6.45) is 4.69. The number of nitrogens with zero attached hydrogens (tertiary/aromatic N) is 1. The van der Waals surface area contributed by atoms with Gasteiger partial charge in [-0.1, -0.05) is 55.8 Å². The second-order valence-corrected chi connectivity index (χ2v) is 7.85. The molecule has 0 amide bonds. The van der Waals surface area contributed by atoms with Crippen LogP contribution in [0, 0.1) is 6.07 Å². The molecule has 0 unspecified atom stereocenters. The molecule has 0 bridgehead atoms. The predicted molar refractivity (Wildman–Crippen MR) is 94.4 cm³/mol. The predicted octanol–water partition coefficient (Wildman–Crippen LogP) is 3.79. The van der Waals surface area contributed by atoms with Gasteiger partial charge < -0.3 is 0 Å². The van der Waals surface area contributed by atoms with Gasteiger partial charge in [-0.3, -0.25) is 0 Å². The fraction of sp³-hybridized carbons (Fsp3) is 0.368. The molecule has 0 aliphatic heterocycles. The lowest BCUT2D eigenvalue weighted by atomic mass is 10.1. The van der Waals surface area contributed by atoms with Crippen molar-refractivity contribution in [3.63, 3.8) is 0 Å². The number of hydrogen-bond donors (Lipinski definition) is 0. The normalized spacial score (nSPS) is 11.8. The number of sulfonamides is 1. The van der Waals surface area contributed by atoms with Crippen molar-refractivity contribution in [1.82, 2.24) is 4.31 Å². The van der Waals surface area contributed by atoms with Gasteiger partial charge in [-0.2, -0.15) is 4.31 Å². The van der Waals surface area contributed by atoms with Crippen molar-refractivity contribution in [2.75, 3.05) is 6.26 Å². The van der Waals surface area contributed by atoms with E-state index in [2.05, 4.69) is 25.1 Å². The Morgan fingerprint density at radius 1 is 1.00 bits per heavy atom. The third-order valence-electron chi connectivity index (χ3n) is 3.80. The summed E-state index contributed by atoms with van der Waals surface area (Å²) in [5.41, 5.74) is 3.26. The Morgan fingerprint density at radius 2 is 1.65 bits per heavy atom. The van der Waals surface area contributed by atoms with Gasteiger partial charge in [-0.15, -0.1) is 0 Å². The molecule has 3 nitrogen and oxygen atoms in total. The molecule has 4 heteroatoms. The van der Waals surface area contributed by atoms with E-state index in [0.29, 0.717) is 13.1 Å². The first-order valence-corrected chi connectivity index (χ1v) is 9.82. The molecule has 0 aliphatic rings. The maximum Gasteiger partial charge on any atom is 0.211 e. The summed E-state index contributed by atoms with van der Waals surface area (Å²) < 4.78 is 25.6. The van der Waals surface area contributed by atoms with Crippen LogP contribution in [0.1, 0.15) is 36.5 Å². The number of benzene rings is 2. The molecule has 0 N–H and O–H groups in total. The molecule has 0 atom stereocenters. The highest BCUT2D eigenvalue weighted by molar-refractivity contribution is 7.88. The molecule has 0 aromatic heterocycles. The molecule has 1 radical (unpaired) electrons. The lowest BCUT2D eigenvalue weighted by Gasteiger charge is -2.20. The molecule has 2 rings (SSSR count). The van der Waals surface area contributed by atoms with Crippen molar-refractivity contribution in [3.05, 3.63) is 71.3 Å². The van der Waals surface area contributed by atoms with Crippen LogP contribution in [0.3, 0.4) is 0 Å². The first kappa shape index (κ1) is 17.7. The maximum absolute atomic E-state index is 12.1. The smallest absolute Gasteiger partial charge is 0.211 e. The molecule has 2 aromatic carbocycles. The minimum absolute atomic E-state index is 0.369. The first-order valence-electron chi connectivity index (χ1n) is 7.97. The second kappa shape index (κ2) is 8.27. The van der Waals surface area contributed by atoms with Crippen molar-refractivity contribution < 1.29 is 8.42 Å². The van der Waals surface area contributed by atoms with E-state index in [1.54, 1.807) is 0 Å². The number of hydrogen-bond acceptors (Lipinski definition) is 2. The quantitative estimate of drug-likeness (QED) is 0.738. The van der Waals surface area contributed by atoms with E-state index in [1.807, 2.05) is 36.4 Å². The third-order valence-corrected chi connectivity index (χ3v) is 5.00. The van der Waals surface area contributed by atoms with E-state index in [0.717, 1.165) is 17.5 Å². The number of aryl methyl sites for hydroxylation is 1. The zero-order valence-corrected chi connectivity index (χ0v) is 14.6. The SMILES string of the molecule is CCCCc1ccc(CN(Cc2c[c]ccc2)S(C)(=O)=O)cc1. The van der Waals surface area contributed by atoms with Gasteiger partial charge in [0.2, 0.25) is 10.0 Å². The molecule has 0 aliphatic carbocycles.